The molecule has 1 amide bonds. The Labute approximate surface area is 157 Å². The summed E-state index contributed by atoms with van der Waals surface area (Å²) in [4.78, 5) is 24.3. The van der Waals surface area contributed by atoms with Gasteiger partial charge in [-0.15, -0.1) is 12.4 Å². The molecule has 1 saturated carbocycles. The molecular weight excluding hydrogens is 336 g/mol. The molecule has 4 nitrogen and oxygen atoms in total. The first kappa shape index (κ1) is 21.7. The molecule has 1 aromatic rings. The number of nitrogens with one attached hydrogen (secondary N) is 1. The molecular formula is C20H31ClN2O2. The predicted octanol–water partition coefficient (Wildman–Crippen LogP) is 3.66. The van der Waals surface area contributed by atoms with Crippen molar-refractivity contribution in [3.63, 3.8) is 0 Å². The van der Waals surface area contributed by atoms with Gasteiger partial charge in [0, 0.05) is 24.4 Å². The van der Waals surface area contributed by atoms with Gasteiger partial charge in [-0.1, -0.05) is 44.0 Å². The molecule has 1 aliphatic rings. The SMILES string of the molecule is CCCCc1ccc(C(=O)CCC(=O)NC2CCCC2CN)cc1.Cl. The zero-order chi connectivity index (χ0) is 17.4. The fourth-order valence-corrected chi connectivity index (χ4v) is 3.40. The Morgan fingerprint density at radius 2 is 1.88 bits per heavy atom. The predicted molar refractivity (Wildman–Crippen MR) is 104 cm³/mol. The van der Waals surface area contributed by atoms with Crippen molar-refractivity contribution in [1.82, 2.24) is 5.32 Å². The van der Waals surface area contributed by atoms with Crippen LogP contribution in [0.3, 0.4) is 0 Å². The Hall–Kier alpha value is -1.39. The minimum absolute atomic E-state index is 0. The number of rotatable bonds is 9. The van der Waals surface area contributed by atoms with Crippen LogP contribution >= 0.6 is 12.4 Å². The smallest absolute Gasteiger partial charge is 0.220 e. The first-order valence-electron chi connectivity index (χ1n) is 9.25. The molecule has 3 N–H and O–H groups in total. The number of hydrogen-bond acceptors (Lipinski definition) is 3. The maximum Gasteiger partial charge on any atom is 0.220 e. The van der Waals surface area contributed by atoms with Gasteiger partial charge in [-0.25, -0.2) is 0 Å². The fraction of sp³-hybridized carbons (Fsp3) is 0.600. The van der Waals surface area contributed by atoms with Gasteiger partial charge >= 0.3 is 0 Å². The van der Waals surface area contributed by atoms with E-state index in [9.17, 15) is 9.59 Å². The molecule has 140 valence electrons. The van der Waals surface area contributed by atoms with Gasteiger partial charge in [0.1, 0.15) is 0 Å². The minimum atomic E-state index is -0.0340. The molecule has 0 heterocycles. The van der Waals surface area contributed by atoms with Crippen LogP contribution in [0.5, 0.6) is 0 Å². The molecule has 1 aliphatic carbocycles. The summed E-state index contributed by atoms with van der Waals surface area (Å²) < 4.78 is 0. The van der Waals surface area contributed by atoms with Gasteiger partial charge in [0.25, 0.3) is 0 Å². The highest BCUT2D eigenvalue weighted by Crippen LogP contribution is 2.24. The van der Waals surface area contributed by atoms with Crippen molar-refractivity contribution in [3.05, 3.63) is 35.4 Å². The monoisotopic (exact) mass is 366 g/mol. The van der Waals surface area contributed by atoms with Crippen molar-refractivity contribution in [3.8, 4) is 0 Å². The lowest BCUT2D eigenvalue weighted by Crippen LogP contribution is -2.39. The number of carbonyl (C=O) groups excluding carboxylic acids is 2. The van der Waals surface area contributed by atoms with Crippen LogP contribution in [0.25, 0.3) is 0 Å². The Kier molecular flexibility index (Phi) is 9.76. The van der Waals surface area contributed by atoms with Crippen LogP contribution < -0.4 is 11.1 Å². The van der Waals surface area contributed by atoms with E-state index in [1.807, 2.05) is 24.3 Å². The molecule has 2 rings (SSSR count). The topological polar surface area (TPSA) is 72.2 Å². The number of aryl methyl sites for hydroxylation is 1. The number of carbonyl (C=O) groups is 2. The highest BCUT2D eigenvalue weighted by molar-refractivity contribution is 5.98. The van der Waals surface area contributed by atoms with Gasteiger partial charge in [0.15, 0.2) is 5.78 Å². The lowest BCUT2D eigenvalue weighted by atomic mass is 10.0. The van der Waals surface area contributed by atoms with Crippen LogP contribution in [0.2, 0.25) is 0 Å². The summed E-state index contributed by atoms with van der Waals surface area (Å²) in [5.74, 6) is 0.391. The number of unbranched alkanes of at least 4 members (excludes halogenated alkanes) is 1. The van der Waals surface area contributed by atoms with Crippen LogP contribution in [0.1, 0.15) is 67.8 Å². The standard InChI is InChI=1S/C20H30N2O2.ClH/c1-2-3-5-15-8-10-16(11-9-15)19(23)12-13-20(24)22-18-7-4-6-17(18)14-21;/h8-11,17-18H,2-7,12-14,21H2,1H3,(H,22,24);1H. The summed E-state index contributed by atoms with van der Waals surface area (Å²) in [5.41, 5.74) is 7.70. The zero-order valence-corrected chi connectivity index (χ0v) is 15.9. The number of nitrogens with two attached hydrogens (primary N) is 1. The second kappa shape index (κ2) is 11.3. The second-order valence-electron chi connectivity index (χ2n) is 6.82. The van der Waals surface area contributed by atoms with Gasteiger partial charge in [-0.3, -0.25) is 9.59 Å². The van der Waals surface area contributed by atoms with E-state index >= 15 is 0 Å². The average Bonchev–Trinajstić information content (AvgIpc) is 3.05. The minimum Gasteiger partial charge on any atom is -0.353 e. The number of hydrogen-bond donors (Lipinski definition) is 2. The third-order valence-electron chi connectivity index (χ3n) is 4.98. The summed E-state index contributed by atoms with van der Waals surface area (Å²) in [6.07, 6.45) is 7.11. The number of ketones is 1. The molecule has 0 saturated heterocycles. The van der Waals surface area contributed by atoms with E-state index in [0.717, 1.165) is 25.7 Å². The van der Waals surface area contributed by atoms with E-state index in [1.165, 1.54) is 18.4 Å². The van der Waals surface area contributed by atoms with E-state index in [2.05, 4.69) is 12.2 Å². The molecule has 0 radical (unpaired) electrons. The van der Waals surface area contributed by atoms with E-state index in [4.69, 9.17) is 5.73 Å². The lowest BCUT2D eigenvalue weighted by molar-refractivity contribution is -0.122. The Balaban J connectivity index is 0.00000312. The van der Waals surface area contributed by atoms with Crippen LogP contribution in [-0.2, 0) is 11.2 Å². The van der Waals surface area contributed by atoms with Crippen molar-refractivity contribution in [2.24, 2.45) is 11.7 Å². The largest absolute Gasteiger partial charge is 0.353 e. The van der Waals surface area contributed by atoms with Gasteiger partial charge < -0.3 is 11.1 Å². The van der Waals surface area contributed by atoms with Crippen LogP contribution in [0.4, 0.5) is 0 Å². The molecule has 1 aromatic carbocycles. The fourth-order valence-electron chi connectivity index (χ4n) is 3.40. The Morgan fingerprint density at radius 1 is 1.16 bits per heavy atom. The molecule has 2 atom stereocenters. The van der Waals surface area contributed by atoms with Gasteiger partial charge in [-0.2, -0.15) is 0 Å². The molecule has 1 fully saturated rings. The molecule has 0 aliphatic heterocycles. The summed E-state index contributed by atoms with van der Waals surface area (Å²) in [6, 6.07) is 8.00. The first-order valence-corrected chi connectivity index (χ1v) is 9.25. The van der Waals surface area contributed by atoms with Crippen LogP contribution in [0.15, 0.2) is 24.3 Å². The zero-order valence-electron chi connectivity index (χ0n) is 15.1. The van der Waals surface area contributed by atoms with E-state index < -0.39 is 0 Å². The number of benzene rings is 1. The normalized spacial score (nSPS) is 19.3. The first-order chi connectivity index (χ1) is 11.6. The molecule has 0 aromatic heterocycles. The third kappa shape index (κ3) is 6.79. The number of Topliss-reactive ketones (excluding diaryl/α,β-unsaturated/α-hetero) is 1. The summed E-state index contributed by atoms with van der Waals surface area (Å²) in [5, 5.41) is 3.05. The maximum absolute atomic E-state index is 12.2. The van der Waals surface area contributed by atoms with Gasteiger partial charge in [0.05, 0.1) is 0 Å². The van der Waals surface area contributed by atoms with Gasteiger partial charge in [0.2, 0.25) is 5.91 Å². The molecule has 25 heavy (non-hydrogen) atoms. The highest BCUT2D eigenvalue weighted by atomic mass is 35.5. The van der Waals surface area contributed by atoms with Crippen molar-refractivity contribution in [1.29, 1.82) is 0 Å². The van der Waals surface area contributed by atoms with Crippen LogP contribution in [0, 0.1) is 5.92 Å². The average molecular weight is 367 g/mol. The Morgan fingerprint density at radius 3 is 2.52 bits per heavy atom. The molecule has 5 heteroatoms. The van der Waals surface area contributed by atoms with Crippen molar-refractivity contribution < 1.29 is 9.59 Å². The molecule has 0 spiro atoms. The third-order valence-corrected chi connectivity index (χ3v) is 4.98. The van der Waals surface area contributed by atoms with E-state index in [1.54, 1.807) is 0 Å². The van der Waals surface area contributed by atoms with Crippen molar-refractivity contribution in [2.75, 3.05) is 6.54 Å². The second-order valence-corrected chi connectivity index (χ2v) is 6.82. The lowest BCUT2D eigenvalue weighted by Gasteiger charge is -2.19. The summed E-state index contributed by atoms with van der Waals surface area (Å²) in [6.45, 7) is 2.79. The van der Waals surface area contributed by atoms with E-state index in [0.29, 0.717) is 18.0 Å². The van der Waals surface area contributed by atoms with E-state index in [-0.39, 0.29) is 43.0 Å². The highest BCUT2D eigenvalue weighted by Gasteiger charge is 2.27. The van der Waals surface area contributed by atoms with Gasteiger partial charge in [-0.05, 0) is 43.7 Å². The maximum atomic E-state index is 12.2. The van der Waals surface area contributed by atoms with Crippen molar-refractivity contribution in [2.45, 2.75) is 64.3 Å². The Bertz CT molecular complexity index is 545. The van der Waals surface area contributed by atoms with Crippen LogP contribution in [-0.4, -0.2) is 24.3 Å². The molecule has 0 bridgehead atoms. The number of amides is 1. The van der Waals surface area contributed by atoms with Crippen molar-refractivity contribution >= 4 is 24.1 Å². The number of halogens is 1. The summed E-state index contributed by atoms with van der Waals surface area (Å²) >= 11 is 0. The summed E-state index contributed by atoms with van der Waals surface area (Å²) in [7, 11) is 0. The molecule has 2 unspecified atom stereocenters. The quantitative estimate of drug-likeness (QED) is 0.655.